The van der Waals surface area contributed by atoms with E-state index in [-0.39, 0.29) is 12.1 Å². The Morgan fingerprint density at radius 1 is 1.40 bits per heavy atom. The van der Waals surface area contributed by atoms with E-state index in [1.807, 2.05) is 0 Å². The van der Waals surface area contributed by atoms with Gasteiger partial charge in [-0.3, -0.25) is 14.9 Å². The van der Waals surface area contributed by atoms with E-state index < -0.39 is 10.9 Å². The Morgan fingerprint density at radius 3 is 2.20 bits per heavy atom. The van der Waals surface area contributed by atoms with Gasteiger partial charge in [-0.25, -0.2) is 0 Å². The van der Waals surface area contributed by atoms with Crippen molar-refractivity contribution < 1.29 is 14.8 Å². The van der Waals surface area contributed by atoms with E-state index in [1.165, 1.54) is 0 Å². The van der Waals surface area contributed by atoms with Crippen molar-refractivity contribution in [3.63, 3.8) is 0 Å². The molecule has 0 saturated heterocycles. The van der Waals surface area contributed by atoms with E-state index >= 15 is 0 Å². The Bertz CT molecular complexity index is 402. The monoisotopic (exact) mass is 209 g/mol. The van der Waals surface area contributed by atoms with Gasteiger partial charge in [-0.15, -0.1) is 0 Å². The number of benzene rings is 1. The molecule has 0 saturated carbocycles. The lowest BCUT2D eigenvalue weighted by Gasteiger charge is -2.04. The molecule has 0 aliphatic rings. The van der Waals surface area contributed by atoms with Crippen LogP contribution in [0.5, 0.6) is 0 Å². The molecule has 1 aromatic rings. The number of aryl methyl sites for hydroxylation is 2. The highest BCUT2D eigenvalue weighted by atomic mass is 16.6. The molecule has 0 heterocycles. The van der Waals surface area contributed by atoms with Crippen molar-refractivity contribution in [1.82, 2.24) is 0 Å². The van der Waals surface area contributed by atoms with Gasteiger partial charge in [0.25, 0.3) is 5.69 Å². The molecule has 0 bridgehead atoms. The highest BCUT2D eigenvalue weighted by Gasteiger charge is 2.15. The largest absolute Gasteiger partial charge is 0.481 e. The molecule has 5 nitrogen and oxygen atoms in total. The molecule has 5 heteroatoms. The molecular weight excluding hydrogens is 198 g/mol. The molecule has 15 heavy (non-hydrogen) atoms. The topological polar surface area (TPSA) is 80.4 Å². The lowest BCUT2D eigenvalue weighted by atomic mass is 10.0. The first-order valence-electron chi connectivity index (χ1n) is 4.38. The molecule has 0 atom stereocenters. The van der Waals surface area contributed by atoms with Crippen LogP contribution in [0.15, 0.2) is 12.1 Å². The Morgan fingerprint density at radius 2 is 1.87 bits per heavy atom. The van der Waals surface area contributed by atoms with Crippen molar-refractivity contribution >= 4 is 11.7 Å². The first kappa shape index (κ1) is 11.2. The van der Waals surface area contributed by atoms with E-state index in [4.69, 9.17) is 5.11 Å². The summed E-state index contributed by atoms with van der Waals surface area (Å²) in [5, 5.41) is 19.3. The summed E-state index contributed by atoms with van der Waals surface area (Å²) in [5.41, 5.74) is 1.64. The smallest absolute Gasteiger partial charge is 0.307 e. The molecule has 0 aromatic heterocycles. The van der Waals surface area contributed by atoms with Gasteiger partial charge in [-0.05, 0) is 31.5 Å². The number of hydrogen-bond donors (Lipinski definition) is 1. The number of carboxylic acids is 1. The van der Waals surface area contributed by atoms with Crippen LogP contribution < -0.4 is 0 Å². The van der Waals surface area contributed by atoms with Gasteiger partial charge in [-0.2, -0.15) is 0 Å². The minimum absolute atomic E-state index is 0.0594. The number of hydrogen-bond acceptors (Lipinski definition) is 3. The van der Waals surface area contributed by atoms with Gasteiger partial charge in [0, 0.05) is 11.1 Å². The summed E-state index contributed by atoms with van der Waals surface area (Å²) < 4.78 is 0. The van der Waals surface area contributed by atoms with E-state index in [2.05, 4.69) is 0 Å². The first-order chi connectivity index (χ1) is 6.91. The molecule has 0 radical (unpaired) electrons. The summed E-state index contributed by atoms with van der Waals surface area (Å²) in [4.78, 5) is 20.7. The van der Waals surface area contributed by atoms with Gasteiger partial charge in [-0.1, -0.05) is 0 Å². The number of rotatable bonds is 3. The summed E-state index contributed by atoms with van der Waals surface area (Å²) in [6.45, 7) is 3.22. The summed E-state index contributed by atoms with van der Waals surface area (Å²) >= 11 is 0. The quantitative estimate of drug-likeness (QED) is 0.608. The fourth-order valence-corrected chi connectivity index (χ4v) is 1.61. The third kappa shape index (κ3) is 2.52. The number of aliphatic carboxylic acids is 1. The third-order valence-corrected chi connectivity index (χ3v) is 2.09. The van der Waals surface area contributed by atoms with Gasteiger partial charge < -0.3 is 5.11 Å². The highest BCUT2D eigenvalue weighted by molar-refractivity contribution is 5.70. The Balaban J connectivity index is 3.19. The molecule has 1 aromatic carbocycles. The van der Waals surface area contributed by atoms with Crippen LogP contribution in [0, 0.1) is 24.0 Å². The highest BCUT2D eigenvalue weighted by Crippen LogP contribution is 2.24. The molecule has 80 valence electrons. The number of nitrogens with zero attached hydrogens (tertiary/aromatic N) is 1. The summed E-state index contributed by atoms with van der Waals surface area (Å²) in [6, 6.07) is 3.08. The van der Waals surface area contributed by atoms with Gasteiger partial charge in [0.2, 0.25) is 0 Å². The lowest BCUT2D eigenvalue weighted by molar-refractivity contribution is -0.386. The molecule has 0 fully saturated rings. The summed E-state index contributed by atoms with van der Waals surface area (Å²) in [5.74, 6) is -0.942. The Kier molecular flexibility index (Phi) is 3.04. The minimum Gasteiger partial charge on any atom is -0.481 e. The van der Waals surface area contributed by atoms with E-state index in [0.717, 1.165) is 0 Å². The van der Waals surface area contributed by atoms with Gasteiger partial charge in [0.15, 0.2) is 0 Å². The molecule has 0 amide bonds. The maximum Gasteiger partial charge on any atom is 0.307 e. The lowest BCUT2D eigenvalue weighted by Crippen LogP contribution is -2.03. The zero-order chi connectivity index (χ0) is 11.6. The van der Waals surface area contributed by atoms with Crippen LogP contribution in [-0.2, 0) is 11.2 Å². The first-order valence-corrected chi connectivity index (χ1v) is 4.38. The molecule has 0 aliphatic carbocycles. The maximum absolute atomic E-state index is 10.7. The van der Waals surface area contributed by atoms with Crippen molar-refractivity contribution in [2.24, 2.45) is 0 Å². The van der Waals surface area contributed by atoms with Crippen molar-refractivity contribution in [2.45, 2.75) is 20.3 Å². The Labute approximate surface area is 86.5 Å². The number of nitro benzene ring substituents is 1. The maximum atomic E-state index is 10.7. The van der Waals surface area contributed by atoms with Crippen LogP contribution in [0.3, 0.4) is 0 Å². The zero-order valence-corrected chi connectivity index (χ0v) is 8.48. The van der Waals surface area contributed by atoms with Crippen LogP contribution in [-0.4, -0.2) is 16.0 Å². The van der Waals surface area contributed by atoms with Crippen LogP contribution in [0.1, 0.15) is 16.7 Å². The van der Waals surface area contributed by atoms with Gasteiger partial charge >= 0.3 is 5.97 Å². The van der Waals surface area contributed by atoms with Crippen LogP contribution in [0.4, 0.5) is 5.69 Å². The van der Waals surface area contributed by atoms with E-state index in [0.29, 0.717) is 16.7 Å². The molecule has 0 spiro atoms. The van der Waals surface area contributed by atoms with Crippen LogP contribution in [0.25, 0.3) is 0 Å². The predicted octanol–water partition coefficient (Wildman–Crippen LogP) is 1.84. The van der Waals surface area contributed by atoms with Gasteiger partial charge in [0.05, 0.1) is 11.3 Å². The SMILES string of the molecule is Cc1cc(CC(=O)O)cc(C)c1[N+](=O)[O-]. The second-order valence-electron chi connectivity index (χ2n) is 3.41. The average molecular weight is 209 g/mol. The predicted molar refractivity (Wildman–Crippen MR) is 53.9 cm³/mol. The second kappa shape index (κ2) is 4.08. The standard InChI is InChI=1S/C10H11NO4/c1-6-3-8(5-9(12)13)4-7(2)10(6)11(14)15/h3-4H,5H2,1-2H3,(H,12,13). The number of nitro groups is 1. The van der Waals surface area contributed by atoms with E-state index in [1.54, 1.807) is 26.0 Å². The molecule has 1 N–H and O–H groups in total. The third-order valence-electron chi connectivity index (χ3n) is 2.09. The van der Waals surface area contributed by atoms with Crippen molar-refractivity contribution in [3.8, 4) is 0 Å². The van der Waals surface area contributed by atoms with Crippen LogP contribution >= 0.6 is 0 Å². The van der Waals surface area contributed by atoms with Crippen molar-refractivity contribution in [3.05, 3.63) is 38.9 Å². The van der Waals surface area contributed by atoms with Crippen molar-refractivity contribution in [1.29, 1.82) is 0 Å². The second-order valence-corrected chi connectivity index (χ2v) is 3.41. The van der Waals surface area contributed by atoms with E-state index in [9.17, 15) is 14.9 Å². The van der Waals surface area contributed by atoms with Crippen molar-refractivity contribution in [2.75, 3.05) is 0 Å². The van der Waals surface area contributed by atoms with Gasteiger partial charge in [0.1, 0.15) is 0 Å². The minimum atomic E-state index is -0.942. The molecule has 1 rings (SSSR count). The summed E-state index contributed by atoms with van der Waals surface area (Å²) in [6.07, 6.45) is -0.111. The molecule has 0 unspecified atom stereocenters. The fraction of sp³-hybridized carbons (Fsp3) is 0.300. The number of carboxylic acid groups (broad SMARTS) is 1. The van der Waals surface area contributed by atoms with Crippen LogP contribution in [0.2, 0.25) is 0 Å². The molecular formula is C10H11NO4. The summed E-state index contributed by atoms with van der Waals surface area (Å²) in [7, 11) is 0. The zero-order valence-electron chi connectivity index (χ0n) is 8.48. The molecule has 0 aliphatic heterocycles. The normalized spacial score (nSPS) is 10.0. The average Bonchev–Trinajstić information content (AvgIpc) is 1.99. The Hall–Kier alpha value is -1.91. The fourth-order valence-electron chi connectivity index (χ4n) is 1.61. The number of carbonyl (C=O) groups is 1.